The molecule has 96 valence electrons. The number of nitrogens with one attached hydrogen (secondary N) is 1. The zero-order valence-corrected chi connectivity index (χ0v) is 10.7. The summed E-state index contributed by atoms with van der Waals surface area (Å²) in [6.07, 6.45) is 10.3. The molecule has 0 aromatic heterocycles. The van der Waals surface area contributed by atoms with Gasteiger partial charge >= 0.3 is 0 Å². The maximum absolute atomic E-state index is 10.5. The monoisotopic (exact) mass is 235 g/mol. The molecule has 4 fully saturated rings. The number of aliphatic hydroxyl groups is 1. The van der Waals surface area contributed by atoms with Gasteiger partial charge in [-0.15, -0.1) is 0 Å². The highest BCUT2D eigenvalue weighted by molar-refractivity contribution is 5.17. The lowest BCUT2D eigenvalue weighted by Crippen LogP contribution is -2.43. The first-order valence-electron chi connectivity index (χ1n) is 7.73. The van der Waals surface area contributed by atoms with Crippen LogP contribution in [0.4, 0.5) is 0 Å². The lowest BCUT2D eigenvalue weighted by Gasteiger charge is -2.32. The van der Waals surface area contributed by atoms with Gasteiger partial charge in [-0.05, 0) is 55.8 Å². The van der Waals surface area contributed by atoms with E-state index in [9.17, 15) is 5.11 Å². The quantitative estimate of drug-likeness (QED) is 0.787. The Hall–Kier alpha value is -0.0800. The van der Waals surface area contributed by atoms with E-state index in [1.807, 2.05) is 0 Å². The van der Waals surface area contributed by atoms with E-state index in [2.05, 4.69) is 5.32 Å². The van der Waals surface area contributed by atoms with E-state index in [0.717, 1.165) is 49.1 Å². The number of hydrogen-bond donors (Lipinski definition) is 2. The van der Waals surface area contributed by atoms with Crippen molar-refractivity contribution in [3.05, 3.63) is 0 Å². The van der Waals surface area contributed by atoms with Gasteiger partial charge in [-0.2, -0.15) is 0 Å². The fourth-order valence-electron chi connectivity index (χ4n) is 5.29. The van der Waals surface area contributed by atoms with Gasteiger partial charge in [-0.3, -0.25) is 0 Å². The first-order chi connectivity index (χ1) is 8.27. The highest BCUT2D eigenvalue weighted by Crippen LogP contribution is 2.65. The van der Waals surface area contributed by atoms with Crippen molar-refractivity contribution >= 4 is 0 Å². The second-order valence-corrected chi connectivity index (χ2v) is 7.18. The van der Waals surface area contributed by atoms with E-state index in [4.69, 9.17) is 0 Å². The van der Waals surface area contributed by atoms with Crippen LogP contribution in [0.25, 0.3) is 0 Å². The Morgan fingerprint density at radius 3 is 2.29 bits per heavy atom. The standard InChI is InChI=1S/C15H25NO/c17-15(6-2-1-3-7-15)9-16-14-12-10-4-5-11(8-10)13(12)14/h10-14,16-17H,1-9H2. The molecule has 17 heavy (non-hydrogen) atoms. The maximum atomic E-state index is 10.5. The van der Waals surface area contributed by atoms with Gasteiger partial charge in [0.25, 0.3) is 0 Å². The Labute approximate surface area is 104 Å². The fraction of sp³-hybridized carbons (Fsp3) is 1.00. The molecule has 2 N–H and O–H groups in total. The Bertz CT molecular complexity index is 294. The minimum atomic E-state index is -0.367. The summed E-state index contributed by atoms with van der Waals surface area (Å²) >= 11 is 0. The van der Waals surface area contributed by atoms with Gasteiger partial charge < -0.3 is 10.4 Å². The molecule has 4 saturated carbocycles. The molecule has 4 aliphatic carbocycles. The summed E-state index contributed by atoms with van der Waals surface area (Å²) < 4.78 is 0. The third-order valence-electron chi connectivity index (χ3n) is 6.19. The summed E-state index contributed by atoms with van der Waals surface area (Å²) in [5.74, 6) is 4.09. The first-order valence-corrected chi connectivity index (χ1v) is 7.73. The minimum absolute atomic E-state index is 0.367. The Balaban J connectivity index is 1.32. The lowest BCUT2D eigenvalue weighted by atomic mass is 9.85. The van der Waals surface area contributed by atoms with Crippen LogP contribution >= 0.6 is 0 Å². The van der Waals surface area contributed by atoms with Crippen LogP contribution in [-0.2, 0) is 0 Å². The van der Waals surface area contributed by atoms with Gasteiger partial charge in [0.05, 0.1) is 5.60 Å². The third kappa shape index (κ3) is 1.67. The van der Waals surface area contributed by atoms with Gasteiger partial charge in [0.15, 0.2) is 0 Å². The van der Waals surface area contributed by atoms with Crippen molar-refractivity contribution in [2.45, 2.75) is 63.0 Å². The van der Waals surface area contributed by atoms with Crippen molar-refractivity contribution in [2.24, 2.45) is 23.7 Å². The SMILES string of the molecule is OC1(CNC2C3C4CCC(C4)C23)CCCCC1. The summed E-state index contributed by atoms with van der Waals surface area (Å²) in [6, 6.07) is 0.784. The summed E-state index contributed by atoms with van der Waals surface area (Å²) in [4.78, 5) is 0. The Morgan fingerprint density at radius 2 is 1.65 bits per heavy atom. The van der Waals surface area contributed by atoms with Crippen molar-refractivity contribution in [3.8, 4) is 0 Å². The third-order valence-corrected chi connectivity index (χ3v) is 6.19. The zero-order valence-electron chi connectivity index (χ0n) is 10.7. The zero-order chi connectivity index (χ0) is 11.5. The van der Waals surface area contributed by atoms with Gasteiger partial charge in [0.1, 0.15) is 0 Å². The largest absolute Gasteiger partial charge is 0.389 e. The highest BCUT2D eigenvalue weighted by Gasteiger charge is 2.64. The normalized spacial score (nSPS) is 50.3. The van der Waals surface area contributed by atoms with Crippen molar-refractivity contribution in [2.75, 3.05) is 6.54 Å². The summed E-state index contributed by atoms with van der Waals surface area (Å²) in [6.45, 7) is 0.865. The van der Waals surface area contributed by atoms with E-state index in [-0.39, 0.29) is 5.60 Å². The molecule has 4 aliphatic rings. The van der Waals surface area contributed by atoms with Crippen LogP contribution in [0, 0.1) is 23.7 Å². The van der Waals surface area contributed by atoms with Crippen molar-refractivity contribution in [1.82, 2.24) is 5.32 Å². The molecule has 0 aromatic rings. The molecular weight excluding hydrogens is 210 g/mol. The van der Waals surface area contributed by atoms with Gasteiger partial charge in [0.2, 0.25) is 0 Å². The van der Waals surface area contributed by atoms with Crippen LogP contribution in [0.1, 0.15) is 51.4 Å². The van der Waals surface area contributed by atoms with Gasteiger partial charge in [-0.25, -0.2) is 0 Å². The summed E-state index contributed by atoms with van der Waals surface area (Å²) in [5, 5.41) is 14.2. The fourth-order valence-corrected chi connectivity index (χ4v) is 5.29. The van der Waals surface area contributed by atoms with Crippen LogP contribution in [-0.4, -0.2) is 23.3 Å². The van der Waals surface area contributed by atoms with Crippen molar-refractivity contribution in [1.29, 1.82) is 0 Å². The van der Waals surface area contributed by atoms with Crippen LogP contribution in [0.5, 0.6) is 0 Å². The number of fused-ring (bicyclic) bond motifs is 5. The average molecular weight is 235 g/mol. The van der Waals surface area contributed by atoms with E-state index >= 15 is 0 Å². The molecule has 0 spiro atoms. The number of hydrogen-bond acceptors (Lipinski definition) is 2. The first kappa shape index (κ1) is 10.8. The van der Waals surface area contributed by atoms with Crippen LogP contribution in [0.3, 0.4) is 0 Å². The average Bonchev–Trinajstić information content (AvgIpc) is 2.73. The second kappa shape index (κ2) is 3.71. The molecule has 4 unspecified atom stereocenters. The molecule has 4 atom stereocenters. The van der Waals surface area contributed by atoms with Crippen LogP contribution < -0.4 is 5.32 Å². The maximum Gasteiger partial charge on any atom is 0.0771 e. The van der Waals surface area contributed by atoms with E-state index < -0.39 is 0 Å². The topological polar surface area (TPSA) is 32.3 Å². The predicted molar refractivity (Wildman–Crippen MR) is 67.6 cm³/mol. The van der Waals surface area contributed by atoms with E-state index in [0.29, 0.717) is 0 Å². The van der Waals surface area contributed by atoms with Crippen molar-refractivity contribution in [3.63, 3.8) is 0 Å². The molecule has 0 radical (unpaired) electrons. The Kier molecular flexibility index (Phi) is 2.36. The minimum Gasteiger partial charge on any atom is -0.389 e. The smallest absolute Gasteiger partial charge is 0.0771 e. The molecule has 2 nitrogen and oxygen atoms in total. The molecule has 0 amide bonds. The van der Waals surface area contributed by atoms with E-state index in [1.54, 1.807) is 0 Å². The molecular formula is C15H25NO. The molecule has 4 rings (SSSR count). The molecule has 0 aliphatic heterocycles. The molecule has 0 aromatic carbocycles. The lowest BCUT2D eigenvalue weighted by molar-refractivity contribution is 0.00378. The highest BCUT2D eigenvalue weighted by atomic mass is 16.3. The number of rotatable bonds is 3. The van der Waals surface area contributed by atoms with Crippen LogP contribution in [0.15, 0.2) is 0 Å². The van der Waals surface area contributed by atoms with Crippen LogP contribution in [0.2, 0.25) is 0 Å². The molecule has 2 heteroatoms. The molecule has 2 bridgehead atoms. The molecule has 0 saturated heterocycles. The predicted octanol–water partition coefficient (Wildman–Crippen LogP) is 2.32. The Morgan fingerprint density at radius 1 is 1.00 bits per heavy atom. The second-order valence-electron chi connectivity index (χ2n) is 7.18. The molecule has 0 heterocycles. The van der Waals surface area contributed by atoms with E-state index in [1.165, 1.54) is 38.5 Å². The van der Waals surface area contributed by atoms with Gasteiger partial charge in [0, 0.05) is 12.6 Å². The van der Waals surface area contributed by atoms with Gasteiger partial charge in [-0.1, -0.05) is 19.3 Å². The summed E-state index contributed by atoms with van der Waals surface area (Å²) in [7, 11) is 0. The summed E-state index contributed by atoms with van der Waals surface area (Å²) in [5.41, 5.74) is -0.367. The van der Waals surface area contributed by atoms with Crippen molar-refractivity contribution < 1.29 is 5.11 Å².